The maximum Gasteiger partial charge on any atom is 0.337 e. The standard InChI is InChI=1S/C13H17Cl2NO4S/c1-4-5-8(2)16(3)21(19,20)12-6-9(13(17)18)10(14)7-11(12)15/h6-8H,4-5H2,1-3H3,(H,17,18). The molecular weight excluding hydrogens is 337 g/mol. The Hall–Kier alpha value is -0.820. The highest BCUT2D eigenvalue weighted by atomic mass is 35.5. The number of benzene rings is 1. The lowest BCUT2D eigenvalue weighted by atomic mass is 10.2. The molecule has 0 bridgehead atoms. The molecule has 0 radical (unpaired) electrons. The molecule has 1 rings (SSSR count). The number of carboxylic acids is 1. The average Bonchev–Trinajstić information content (AvgIpc) is 2.37. The molecule has 118 valence electrons. The van der Waals surface area contributed by atoms with E-state index in [-0.39, 0.29) is 26.5 Å². The number of sulfonamides is 1. The molecule has 21 heavy (non-hydrogen) atoms. The van der Waals surface area contributed by atoms with Gasteiger partial charge in [0, 0.05) is 13.1 Å². The molecule has 0 fully saturated rings. The van der Waals surface area contributed by atoms with Crippen molar-refractivity contribution in [3.8, 4) is 0 Å². The van der Waals surface area contributed by atoms with Crippen LogP contribution >= 0.6 is 23.2 Å². The Morgan fingerprint density at radius 1 is 1.33 bits per heavy atom. The van der Waals surface area contributed by atoms with Crippen molar-refractivity contribution in [2.24, 2.45) is 0 Å². The molecule has 0 saturated carbocycles. The van der Waals surface area contributed by atoms with Crippen LogP contribution in [-0.4, -0.2) is 36.9 Å². The maximum absolute atomic E-state index is 12.6. The predicted molar refractivity (Wildman–Crippen MR) is 82.7 cm³/mol. The third-order valence-electron chi connectivity index (χ3n) is 3.24. The van der Waals surface area contributed by atoms with Crippen molar-refractivity contribution in [1.29, 1.82) is 0 Å². The van der Waals surface area contributed by atoms with E-state index in [9.17, 15) is 13.2 Å². The molecule has 1 aromatic rings. The van der Waals surface area contributed by atoms with Gasteiger partial charge in [-0.15, -0.1) is 0 Å². The quantitative estimate of drug-likeness (QED) is 0.848. The molecule has 0 aliphatic carbocycles. The molecule has 0 heterocycles. The first-order valence-corrected chi connectivity index (χ1v) is 8.52. The van der Waals surface area contributed by atoms with Gasteiger partial charge in [-0.05, 0) is 25.5 Å². The van der Waals surface area contributed by atoms with Crippen LogP contribution in [0.3, 0.4) is 0 Å². The van der Waals surface area contributed by atoms with Crippen LogP contribution in [0.4, 0.5) is 0 Å². The summed E-state index contributed by atoms with van der Waals surface area (Å²) in [5, 5.41) is 8.84. The van der Waals surface area contributed by atoms with Gasteiger partial charge in [-0.2, -0.15) is 4.31 Å². The van der Waals surface area contributed by atoms with E-state index in [0.29, 0.717) is 6.42 Å². The molecule has 0 aliphatic rings. The van der Waals surface area contributed by atoms with Crippen LogP contribution in [-0.2, 0) is 10.0 Å². The molecule has 0 saturated heterocycles. The SMILES string of the molecule is CCCC(C)N(C)S(=O)(=O)c1cc(C(=O)O)c(Cl)cc1Cl. The van der Waals surface area contributed by atoms with Gasteiger partial charge < -0.3 is 5.11 Å². The van der Waals surface area contributed by atoms with Crippen molar-refractivity contribution in [3.63, 3.8) is 0 Å². The van der Waals surface area contributed by atoms with Crippen LogP contribution in [0.25, 0.3) is 0 Å². The van der Waals surface area contributed by atoms with Gasteiger partial charge in [0.1, 0.15) is 4.90 Å². The predicted octanol–water partition coefficient (Wildman–Crippen LogP) is 3.50. The van der Waals surface area contributed by atoms with E-state index in [4.69, 9.17) is 28.3 Å². The molecule has 0 amide bonds. The number of carboxylic acid groups (broad SMARTS) is 1. The van der Waals surface area contributed by atoms with E-state index in [1.54, 1.807) is 6.92 Å². The Labute approximate surface area is 134 Å². The highest BCUT2D eigenvalue weighted by Gasteiger charge is 2.29. The smallest absolute Gasteiger partial charge is 0.337 e. The number of hydrogen-bond acceptors (Lipinski definition) is 3. The van der Waals surface area contributed by atoms with E-state index in [1.807, 2.05) is 6.92 Å². The van der Waals surface area contributed by atoms with Gasteiger partial charge in [-0.1, -0.05) is 36.5 Å². The fraction of sp³-hybridized carbons (Fsp3) is 0.462. The molecule has 0 aliphatic heterocycles. The second-order valence-electron chi connectivity index (χ2n) is 4.73. The molecule has 1 unspecified atom stereocenters. The van der Waals surface area contributed by atoms with Crippen molar-refractivity contribution in [1.82, 2.24) is 4.31 Å². The summed E-state index contributed by atoms with van der Waals surface area (Å²) >= 11 is 11.7. The summed E-state index contributed by atoms with van der Waals surface area (Å²) in [6.07, 6.45) is 1.52. The Morgan fingerprint density at radius 2 is 1.90 bits per heavy atom. The van der Waals surface area contributed by atoms with Gasteiger partial charge in [0.25, 0.3) is 0 Å². The third-order valence-corrected chi connectivity index (χ3v) is 5.99. The van der Waals surface area contributed by atoms with Gasteiger partial charge in [0.2, 0.25) is 10.0 Å². The minimum absolute atomic E-state index is 0.0967. The van der Waals surface area contributed by atoms with E-state index >= 15 is 0 Å². The summed E-state index contributed by atoms with van der Waals surface area (Å²) in [6.45, 7) is 3.73. The van der Waals surface area contributed by atoms with Crippen LogP contribution in [0.2, 0.25) is 10.0 Å². The van der Waals surface area contributed by atoms with Crippen molar-refractivity contribution < 1.29 is 18.3 Å². The van der Waals surface area contributed by atoms with Crippen molar-refractivity contribution in [2.45, 2.75) is 37.6 Å². The normalized spacial score (nSPS) is 13.4. The zero-order chi connectivity index (χ0) is 16.4. The first-order chi connectivity index (χ1) is 9.62. The van der Waals surface area contributed by atoms with Gasteiger partial charge >= 0.3 is 5.97 Å². The zero-order valence-electron chi connectivity index (χ0n) is 11.9. The van der Waals surface area contributed by atoms with Crippen molar-refractivity contribution in [2.75, 3.05) is 7.05 Å². The van der Waals surface area contributed by atoms with Gasteiger partial charge in [0.05, 0.1) is 15.6 Å². The fourth-order valence-electron chi connectivity index (χ4n) is 1.88. The Bertz CT molecular complexity index is 646. The Balaban J connectivity index is 3.38. The Kier molecular flexibility index (Phi) is 6.04. The molecule has 1 aromatic carbocycles. The fourth-order valence-corrected chi connectivity index (χ4v) is 4.10. The molecule has 0 spiro atoms. The molecule has 0 aromatic heterocycles. The topological polar surface area (TPSA) is 74.7 Å². The van der Waals surface area contributed by atoms with Crippen molar-refractivity contribution in [3.05, 3.63) is 27.7 Å². The number of nitrogens with zero attached hydrogens (tertiary/aromatic N) is 1. The molecule has 5 nitrogen and oxygen atoms in total. The first-order valence-electron chi connectivity index (χ1n) is 6.33. The molecule has 8 heteroatoms. The van der Waals surface area contributed by atoms with Crippen LogP contribution in [0.1, 0.15) is 37.0 Å². The van der Waals surface area contributed by atoms with Crippen LogP contribution in [0.5, 0.6) is 0 Å². The number of hydrogen-bond donors (Lipinski definition) is 1. The lowest BCUT2D eigenvalue weighted by Gasteiger charge is -2.24. The summed E-state index contributed by atoms with van der Waals surface area (Å²) in [5.41, 5.74) is -0.295. The van der Waals surface area contributed by atoms with E-state index in [1.165, 1.54) is 11.4 Å². The minimum atomic E-state index is -3.88. The van der Waals surface area contributed by atoms with Gasteiger partial charge in [0.15, 0.2) is 0 Å². The second-order valence-corrected chi connectivity index (χ2v) is 7.51. The molecule has 1 atom stereocenters. The minimum Gasteiger partial charge on any atom is -0.478 e. The first kappa shape index (κ1) is 18.2. The molecular formula is C13H17Cl2NO4S. The largest absolute Gasteiger partial charge is 0.478 e. The van der Waals surface area contributed by atoms with Crippen LogP contribution in [0.15, 0.2) is 17.0 Å². The van der Waals surface area contributed by atoms with E-state index < -0.39 is 16.0 Å². The lowest BCUT2D eigenvalue weighted by Crippen LogP contribution is -2.35. The average molecular weight is 354 g/mol. The maximum atomic E-state index is 12.6. The van der Waals surface area contributed by atoms with Crippen LogP contribution < -0.4 is 0 Å². The van der Waals surface area contributed by atoms with E-state index in [2.05, 4.69) is 0 Å². The van der Waals surface area contributed by atoms with E-state index in [0.717, 1.165) is 18.6 Å². The zero-order valence-corrected chi connectivity index (χ0v) is 14.3. The number of rotatable bonds is 6. The number of aromatic carboxylic acids is 1. The highest BCUT2D eigenvalue weighted by Crippen LogP contribution is 2.31. The van der Waals surface area contributed by atoms with Crippen molar-refractivity contribution >= 4 is 39.2 Å². The Morgan fingerprint density at radius 3 is 2.38 bits per heavy atom. The summed E-state index contributed by atoms with van der Waals surface area (Å²) < 4.78 is 26.3. The monoisotopic (exact) mass is 353 g/mol. The summed E-state index contributed by atoms with van der Waals surface area (Å²) in [4.78, 5) is 10.8. The summed E-state index contributed by atoms with van der Waals surface area (Å²) in [7, 11) is -2.44. The highest BCUT2D eigenvalue weighted by molar-refractivity contribution is 7.89. The third kappa shape index (κ3) is 3.88. The summed E-state index contributed by atoms with van der Waals surface area (Å²) in [5.74, 6) is -1.31. The second kappa shape index (κ2) is 6.96. The van der Waals surface area contributed by atoms with Gasteiger partial charge in [-0.3, -0.25) is 0 Å². The number of halogens is 2. The number of carbonyl (C=O) groups is 1. The lowest BCUT2D eigenvalue weighted by molar-refractivity contribution is 0.0697. The van der Waals surface area contributed by atoms with Crippen LogP contribution in [0, 0.1) is 0 Å². The summed E-state index contributed by atoms with van der Waals surface area (Å²) in [6, 6.07) is 1.91. The molecule has 1 N–H and O–H groups in total. The van der Waals surface area contributed by atoms with Gasteiger partial charge in [-0.25, -0.2) is 13.2 Å².